The smallest absolute Gasteiger partial charge is 0.323 e. The number of amides is 1. The molecule has 0 aromatic carbocycles. The number of hydrogen-bond acceptors (Lipinski definition) is 3. The van der Waals surface area contributed by atoms with Gasteiger partial charge in [0, 0.05) is 10.9 Å². The van der Waals surface area contributed by atoms with Gasteiger partial charge in [-0.05, 0) is 39.3 Å². The van der Waals surface area contributed by atoms with Crippen LogP contribution in [0.2, 0.25) is 0 Å². The van der Waals surface area contributed by atoms with Crippen LogP contribution in [-0.4, -0.2) is 34.5 Å². The number of carboxylic acids is 1. The van der Waals surface area contributed by atoms with Gasteiger partial charge >= 0.3 is 5.97 Å². The van der Waals surface area contributed by atoms with Crippen molar-refractivity contribution in [2.24, 2.45) is 0 Å². The third-order valence-corrected chi connectivity index (χ3v) is 3.71. The van der Waals surface area contributed by atoms with Crippen molar-refractivity contribution in [3.05, 3.63) is 21.4 Å². The largest absolute Gasteiger partial charge is 0.480 e. The molecule has 1 aromatic heterocycles. The topological polar surface area (TPSA) is 57.6 Å². The van der Waals surface area contributed by atoms with Crippen molar-refractivity contribution in [3.8, 4) is 0 Å². The summed E-state index contributed by atoms with van der Waals surface area (Å²) in [6.45, 7) is 7.27. The van der Waals surface area contributed by atoms with Crippen molar-refractivity contribution in [1.29, 1.82) is 0 Å². The highest BCUT2D eigenvalue weighted by atomic mass is 32.1. The van der Waals surface area contributed by atoms with Crippen LogP contribution in [0.3, 0.4) is 0 Å². The van der Waals surface area contributed by atoms with E-state index in [-0.39, 0.29) is 18.5 Å². The Morgan fingerprint density at radius 2 is 2.00 bits per heavy atom. The number of carbonyl (C=O) groups is 2. The van der Waals surface area contributed by atoms with Crippen molar-refractivity contribution in [3.63, 3.8) is 0 Å². The van der Waals surface area contributed by atoms with Crippen molar-refractivity contribution in [2.45, 2.75) is 33.7 Å². The van der Waals surface area contributed by atoms with Gasteiger partial charge in [-0.15, -0.1) is 11.3 Å². The molecular weight excluding hydrogens is 238 g/mol. The van der Waals surface area contributed by atoms with Gasteiger partial charge in [-0.25, -0.2) is 0 Å². The van der Waals surface area contributed by atoms with Crippen LogP contribution in [0.5, 0.6) is 0 Å². The number of hydrogen-bond donors (Lipinski definition) is 1. The summed E-state index contributed by atoms with van der Waals surface area (Å²) < 4.78 is 0. The average Bonchev–Trinajstić information content (AvgIpc) is 2.54. The van der Waals surface area contributed by atoms with E-state index >= 15 is 0 Å². The molecule has 0 saturated carbocycles. The van der Waals surface area contributed by atoms with E-state index in [1.165, 1.54) is 16.2 Å². The standard InChI is InChI=1S/C12H17NO3S/c1-7(2)13(6-11(14)15)12(16)10-5-8(3)9(4)17-10/h5,7H,6H2,1-4H3,(H,14,15). The molecule has 0 aliphatic rings. The molecule has 0 bridgehead atoms. The second-order valence-corrected chi connectivity index (χ2v) is 5.53. The highest BCUT2D eigenvalue weighted by molar-refractivity contribution is 7.14. The predicted molar refractivity (Wildman–Crippen MR) is 67.6 cm³/mol. The number of aliphatic carboxylic acids is 1. The summed E-state index contributed by atoms with van der Waals surface area (Å²) in [6.07, 6.45) is 0. The highest BCUT2D eigenvalue weighted by Crippen LogP contribution is 2.22. The number of rotatable bonds is 4. The fraction of sp³-hybridized carbons (Fsp3) is 0.500. The Labute approximate surface area is 105 Å². The second-order valence-electron chi connectivity index (χ2n) is 4.27. The Morgan fingerprint density at radius 3 is 2.35 bits per heavy atom. The Morgan fingerprint density at radius 1 is 1.41 bits per heavy atom. The van der Waals surface area contributed by atoms with Crippen LogP contribution in [0.15, 0.2) is 6.07 Å². The quantitative estimate of drug-likeness (QED) is 0.898. The first-order valence-electron chi connectivity index (χ1n) is 5.42. The number of carboxylic acid groups (broad SMARTS) is 1. The van der Waals surface area contributed by atoms with Crippen LogP contribution in [0, 0.1) is 13.8 Å². The summed E-state index contributed by atoms with van der Waals surface area (Å²) in [5, 5.41) is 8.80. The van der Waals surface area contributed by atoms with Gasteiger partial charge in [-0.2, -0.15) is 0 Å². The first-order valence-corrected chi connectivity index (χ1v) is 6.24. The summed E-state index contributed by atoms with van der Waals surface area (Å²) in [7, 11) is 0. The lowest BCUT2D eigenvalue weighted by molar-refractivity contribution is -0.138. The minimum Gasteiger partial charge on any atom is -0.480 e. The normalized spacial score (nSPS) is 10.6. The average molecular weight is 255 g/mol. The minimum absolute atomic E-state index is 0.124. The van der Waals surface area contributed by atoms with Gasteiger partial charge in [0.05, 0.1) is 4.88 Å². The molecule has 5 heteroatoms. The van der Waals surface area contributed by atoms with Crippen molar-refractivity contribution in [1.82, 2.24) is 4.90 Å². The third kappa shape index (κ3) is 3.30. The second kappa shape index (κ2) is 5.31. The zero-order valence-corrected chi connectivity index (χ0v) is 11.3. The molecule has 0 aliphatic carbocycles. The van der Waals surface area contributed by atoms with E-state index < -0.39 is 5.97 Å². The molecule has 1 rings (SSSR count). The fourth-order valence-electron chi connectivity index (χ4n) is 1.45. The predicted octanol–water partition coefficient (Wildman–Crippen LogP) is 2.30. The first kappa shape index (κ1) is 13.7. The molecule has 1 N–H and O–H groups in total. The van der Waals surface area contributed by atoms with E-state index in [1.807, 2.05) is 33.8 Å². The zero-order valence-electron chi connectivity index (χ0n) is 10.5. The van der Waals surface area contributed by atoms with Crippen LogP contribution < -0.4 is 0 Å². The number of carbonyl (C=O) groups excluding carboxylic acids is 1. The maximum atomic E-state index is 12.2. The minimum atomic E-state index is -0.989. The number of aryl methyl sites for hydroxylation is 2. The molecule has 0 aliphatic heterocycles. The number of nitrogens with zero attached hydrogens (tertiary/aromatic N) is 1. The molecule has 0 spiro atoms. The van der Waals surface area contributed by atoms with E-state index in [4.69, 9.17) is 5.11 Å². The molecule has 94 valence electrons. The van der Waals surface area contributed by atoms with Crippen LogP contribution in [0.25, 0.3) is 0 Å². The molecule has 1 heterocycles. The fourth-order valence-corrected chi connectivity index (χ4v) is 2.44. The molecule has 0 unspecified atom stereocenters. The van der Waals surface area contributed by atoms with Gasteiger partial charge in [0.1, 0.15) is 6.54 Å². The van der Waals surface area contributed by atoms with Gasteiger partial charge in [-0.1, -0.05) is 0 Å². The SMILES string of the molecule is Cc1cc(C(=O)N(CC(=O)O)C(C)C)sc1C. The molecular formula is C12H17NO3S. The van der Waals surface area contributed by atoms with Gasteiger partial charge in [0.2, 0.25) is 0 Å². The van der Waals surface area contributed by atoms with E-state index in [1.54, 1.807) is 0 Å². The first-order chi connectivity index (χ1) is 7.82. The lowest BCUT2D eigenvalue weighted by Crippen LogP contribution is -2.40. The molecule has 0 atom stereocenters. The molecule has 17 heavy (non-hydrogen) atoms. The van der Waals surface area contributed by atoms with E-state index in [0.717, 1.165) is 10.4 Å². The molecule has 1 amide bonds. The zero-order chi connectivity index (χ0) is 13.2. The molecule has 1 aromatic rings. The third-order valence-electron chi connectivity index (χ3n) is 2.57. The molecule has 0 fully saturated rings. The Bertz CT molecular complexity index is 417. The summed E-state index contributed by atoms with van der Waals surface area (Å²) >= 11 is 1.41. The van der Waals surface area contributed by atoms with Crippen LogP contribution in [0.1, 0.15) is 34.0 Å². The Hall–Kier alpha value is -1.36. The van der Waals surface area contributed by atoms with E-state index in [2.05, 4.69) is 0 Å². The number of thiophene rings is 1. The summed E-state index contributed by atoms with van der Waals surface area (Å²) in [5.41, 5.74) is 1.07. The van der Waals surface area contributed by atoms with Crippen LogP contribution >= 0.6 is 11.3 Å². The van der Waals surface area contributed by atoms with Gasteiger partial charge in [-0.3, -0.25) is 9.59 Å². The van der Waals surface area contributed by atoms with Crippen molar-refractivity contribution < 1.29 is 14.7 Å². The maximum Gasteiger partial charge on any atom is 0.323 e. The Kier molecular flexibility index (Phi) is 4.28. The van der Waals surface area contributed by atoms with Gasteiger partial charge in [0.15, 0.2) is 0 Å². The monoisotopic (exact) mass is 255 g/mol. The van der Waals surface area contributed by atoms with Crippen LogP contribution in [0.4, 0.5) is 0 Å². The lowest BCUT2D eigenvalue weighted by Gasteiger charge is -2.24. The summed E-state index contributed by atoms with van der Waals surface area (Å²) in [4.78, 5) is 26.0. The highest BCUT2D eigenvalue weighted by Gasteiger charge is 2.22. The van der Waals surface area contributed by atoms with E-state index in [0.29, 0.717) is 4.88 Å². The van der Waals surface area contributed by atoms with E-state index in [9.17, 15) is 9.59 Å². The van der Waals surface area contributed by atoms with Gasteiger partial charge < -0.3 is 10.0 Å². The van der Waals surface area contributed by atoms with Gasteiger partial charge in [0.25, 0.3) is 5.91 Å². The Balaban J connectivity index is 2.95. The van der Waals surface area contributed by atoms with Crippen LogP contribution in [-0.2, 0) is 4.79 Å². The van der Waals surface area contributed by atoms with Crippen molar-refractivity contribution >= 4 is 23.2 Å². The lowest BCUT2D eigenvalue weighted by atomic mass is 10.2. The molecule has 0 saturated heterocycles. The maximum absolute atomic E-state index is 12.2. The summed E-state index contributed by atoms with van der Waals surface area (Å²) in [6, 6.07) is 1.70. The molecule has 0 radical (unpaired) electrons. The summed E-state index contributed by atoms with van der Waals surface area (Å²) in [5.74, 6) is -1.19. The van der Waals surface area contributed by atoms with Crippen molar-refractivity contribution in [2.75, 3.05) is 6.54 Å². The molecule has 4 nitrogen and oxygen atoms in total.